The molecule has 6 nitrogen and oxygen atoms in total. The van der Waals surface area contributed by atoms with Gasteiger partial charge in [0, 0.05) is 19.2 Å². The molecule has 1 aromatic heterocycles. The van der Waals surface area contributed by atoms with E-state index in [0.717, 1.165) is 0 Å². The van der Waals surface area contributed by atoms with Crippen LogP contribution in [0, 0.1) is 5.92 Å². The highest BCUT2D eigenvalue weighted by molar-refractivity contribution is 5.42. The Morgan fingerprint density at radius 3 is 2.93 bits per heavy atom. The molecular weight excluding hydrogens is 196 g/mol. The lowest BCUT2D eigenvalue weighted by Gasteiger charge is -2.10. The molecule has 0 aliphatic heterocycles. The minimum Gasteiger partial charge on any atom is -0.481 e. The van der Waals surface area contributed by atoms with Crippen LogP contribution in [0.4, 0.5) is 11.8 Å². The van der Waals surface area contributed by atoms with Crippen LogP contribution in [-0.4, -0.2) is 35.3 Å². The summed E-state index contributed by atoms with van der Waals surface area (Å²) in [5.41, 5.74) is 5.48. The fourth-order valence-corrected chi connectivity index (χ4v) is 0.981. The number of nitrogens with zero attached hydrogens (tertiary/aromatic N) is 2. The van der Waals surface area contributed by atoms with Gasteiger partial charge in [0.05, 0.1) is 7.11 Å². The number of methoxy groups -OCH3 is 1. The van der Waals surface area contributed by atoms with Gasteiger partial charge in [-0.25, -0.2) is 0 Å². The van der Waals surface area contributed by atoms with Gasteiger partial charge in [0.15, 0.2) is 0 Å². The van der Waals surface area contributed by atoms with E-state index in [0.29, 0.717) is 18.2 Å². The first-order valence-corrected chi connectivity index (χ1v) is 4.69. The van der Waals surface area contributed by atoms with Gasteiger partial charge >= 0.3 is 0 Å². The predicted octanol–water partition coefficient (Wildman–Crippen LogP) is 0.108. The van der Waals surface area contributed by atoms with Crippen molar-refractivity contribution < 1.29 is 9.84 Å². The lowest BCUT2D eigenvalue weighted by atomic mass is 10.2. The highest BCUT2D eigenvalue weighted by Crippen LogP contribution is 2.14. The smallest absolute Gasteiger partial charge is 0.225 e. The summed E-state index contributed by atoms with van der Waals surface area (Å²) in [6.45, 7) is 2.68. The Labute approximate surface area is 88.5 Å². The van der Waals surface area contributed by atoms with Crippen molar-refractivity contribution in [3.05, 3.63) is 6.07 Å². The number of anilines is 2. The van der Waals surface area contributed by atoms with Crippen molar-refractivity contribution in [1.82, 2.24) is 9.97 Å². The average molecular weight is 212 g/mol. The molecule has 6 heteroatoms. The molecule has 0 aliphatic carbocycles. The van der Waals surface area contributed by atoms with E-state index in [-0.39, 0.29) is 18.5 Å². The number of aliphatic hydroxyl groups excluding tert-OH is 1. The molecule has 0 spiro atoms. The maximum atomic E-state index is 8.85. The van der Waals surface area contributed by atoms with Gasteiger partial charge in [-0.15, -0.1) is 0 Å². The quantitative estimate of drug-likeness (QED) is 0.641. The number of nitrogen functional groups attached to an aromatic ring is 1. The molecular formula is C9H16N4O2. The molecule has 1 heterocycles. The Kier molecular flexibility index (Phi) is 4.11. The summed E-state index contributed by atoms with van der Waals surface area (Å²) in [6, 6.07) is 1.65. The van der Waals surface area contributed by atoms with Gasteiger partial charge in [-0.2, -0.15) is 9.97 Å². The molecule has 0 amide bonds. The van der Waals surface area contributed by atoms with E-state index in [1.54, 1.807) is 6.07 Å². The van der Waals surface area contributed by atoms with Crippen molar-refractivity contribution in [2.24, 2.45) is 5.92 Å². The van der Waals surface area contributed by atoms with Gasteiger partial charge in [0.2, 0.25) is 11.8 Å². The summed E-state index contributed by atoms with van der Waals surface area (Å²) in [5.74, 6) is 1.34. The van der Waals surface area contributed by atoms with E-state index in [1.165, 1.54) is 7.11 Å². The van der Waals surface area contributed by atoms with Crippen LogP contribution < -0.4 is 15.8 Å². The molecule has 1 aromatic rings. The monoisotopic (exact) mass is 212 g/mol. The van der Waals surface area contributed by atoms with Gasteiger partial charge in [-0.05, 0) is 5.92 Å². The molecule has 1 atom stereocenters. The summed E-state index contributed by atoms with van der Waals surface area (Å²) in [6.07, 6.45) is 0. The molecule has 0 bridgehead atoms. The third-order valence-electron chi connectivity index (χ3n) is 1.87. The van der Waals surface area contributed by atoms with Crippen LogP contribution in [0.1, 0.15) is 6.92 Å². The maximum absolute atomic E-state index is 8.85. The molecule has 1 rings (SSSR count). The van der Waals surface area contributed by atoms with E-state index in [9.17, 15) is 0 Å². The molecule has 0 fully saturated rings. The second-order valence-electron chi connectivity index (χ2n) is 3.32. The Morgan fingerprint density at radius 1 is 1.60 bits per heavy atom. The number of aliphatic hydroxyl groups is 1. The number of aromatic nitrogens is 2. The van der Waals surface area contributed by atoms with Crippen LogP contribution in [0.5, 0.6) is 5.88 Å². The zero-order valence-corrected chi connectivity index (χ0v) is 8.90. The largest absolute Gasteiger partial charge is 0.481 e. The SMILES string of the molecule is COc1cc(NCC(C)CO)nc(N)n1. The molecule has 4 N–H and O–H groups in total. The van der Waals surface area contributed by atoms with Crippen LogP contribution in [0.2, 0.25) is 0 Å². The first-order chi connectivity index (χ1) is 7.15. The van der Waals surface area contributed by atoms with Crippen LogP contribution in [0.25, 0.3) is 0 Å². The Bertz CT molecular complexity index is 319. The molecule has 1 unspecified atom stereocenters. The first kappa shape index (κ1) is 11.5. The normalized spacial score (nSPS) is 12.2. The highest BCUT2D eigenvalue weighted by Gasteiger charge is 2.04. The van der Waals surface area contributed by atoms with Gasteiger partial charge in [-0.3, -0.25) is 0 Å². The Hall–Kier alpha value is -1.56. The molecule has 15 heavy (non-hydrogen) atoms. The van der Waals surface area contributed by atoms with Crippen molar-refractivity contribution in [3.63, 3.8) is 0 Å². The molecule has 84 valence electrons. The van der Waals surface area contributed by atoms with Crippen LogP contribution in [-0.2, 0) is 0 Å². The number of hydrogen-bond donors (Lipinski definition) is 3. The van der Waals surface area contributed by atoms with E-state index in [1.807, 2.05) is 6.92 Å². The first-order valence-electron chi connectivity index (χ1n) is 4.69. The van der Waals surface area contributed by atoms with E-state index < -0.39 is 0 Å². The predicted molar refractivity (Wildman–Crippen MR) is 57.7 cm³/mol. The highest BCUT2D eigenvalue weighted by atomic mass is 16.5. The molecule has 0 aromatic carbocycles. The molecule has 0 aliphatic rings. The summed E-state index contributed by atoms with van der Waals surface area (Å²) in [7, 11) is 1.52. The zero-order valence-electron chi connectivity index (χ0n) is 8.90. The third kappa shape index (κ3) is 3.59. The van der Waals surface area contributed by atoms with Crippen molar-refractivity contribution in [2.75, 3.05) is 31.3 Å². The Balaban J connectivity index is 2.64. The molecule has 0 radical (unpaired) electrons. The van der Waals surface area contributed by atoms with Crippen LogP contribution in [0.3, 0.4) is 0 Å². The summed E-state index contributed by atoms with van der Waals surface area (Å²) in [5, 5.41) is 11.9. The fourth-order valence-electron chi connectivity index (χ4n) is 0.981. The Morgan fingerprint density at radius 2 is 2.33 bits per heavy atom. The third-order valence-corrected chi connectivity index (χ3v) is 1.87. The fraction of sp³-hybridized carbons (Fsp3) is 0.556. The molecule has 0 saturated carbocycles. The number of hydrogen-bond acceptors (Lipinski definition) is 6. The number of ether oxygens (including phenoxy) is 1. The standard InChI is InChI=1S/C9H16N4O2/c1-6(5-14)4-11-7-3-8(15-2)13-9(10)12-7/h3,6,14H,4-5H2,1-2H3,(H3,10,11,12,13). The van der Waals surface area contributed by atoms with Crippen LogP contribution in [0.15, 0.2) is 6.07 Å². The topological polar surface area (TPSA) is 93.3 Å². The maximum Gasteiger partial charge on any atom is 0.225 e. The van der Waals surface area contributed by atoms with Gasteiger partial charge in [0.25, 0.3) is 0 Å². The minimum absolute atomic E-state index is 0.130. The van der Waals surface area contributed by atoms with E-state index in [2.05, 4.69) is 15.3 Å². The minimum atomic E-state index is 0.130. The van der Waals surface area contributed by atoms with Crippen molar-refractivity contribution in [1.29, 1.82) is 0 Å². The van der Waals surface area contributed by atoms with E-state index in [4.69, 9.17) is 15.6 Å². The summed E-state index contributed by atoms with van der Waals surface area (Å²) in [4.78, 5) is 7.84. The number of nitrogens with one attached hydrogen (secondary N) is 1. The molecule has 0 saturated heterocycles. The lowest BCUT2D eigenvalue weighted by Crippen LogP contribution is -2.15. The van der Waals surface area contributed by atoms with Gasteiger partial charge in [-0.1, -0.05) is 6.92 Å². The van der Waals surface area contributed by atoms with Crippen molar-refractivity contribution >= 4 is 11.8 Å². The second-order valence-corrected chi connectivity index (χ2v) is 3.32. The number of rotatable bonds is 5. The van der Waals surface area contributed by atoms with Crippen molar-refractivity contribution in [2.45, 2.75) is 6.92 Å². The summed E-state index contributed by atoms with van der Waals surface area (Å²) < 4.78 is 4.95. The second kappa shape index (κ2) is 5.35. The zero-order chi connectivity index (χ0) is 11.3. The van der Waals surface area contributed by atoms with Crippen LogP contribution >= 0.6 is 0 Å². The van der Waals surface area contributed by atoms with Gasteiger partial charge < -0.3 is 20.9 Å². The number of nitrogens with two attached hydrogens (primary N) is 1. The average Bonchev–Trinajstić information content (AvgIpc) is 2.25. The lowest BCUT2D eigenvalue weighted by molar-refractivity contribution is 0.244. The summed E-state index contributed by atoms with van der Waals surface area (Å²) >= 11 is 0. The van der Waals surface area contributed by atoms with E-state index >= 15 is 0 Å². The van der Waals surface area contributed by atoms with Gasteiger partial charge in [0.1, 0.15) is 5.82 Å². The van der Waals surface area contributed by atoms with Crippen molar-refractivity contribution in [3.8, 4) is 5.88 Å².